The third-order valence-electron chi connectivity index (χ3n) is 2.54. The lowest BCUT2D eigenvalue weighted by Crippen LogP contribution is -2.22. The van der Waals surface area contributed by atoms with Crippen LogP contribution in [-0.4, -0.2) is 15.8 Å². The normalized spacial score (nSPS) is 11.2. The molecule has 0 bridgehead atoms. The van der Waals surface area contributed by atoms with Crippen molar-refractivity contribution in [3.8, 4) is 5.69 Å². The van der Waals surface area contributed by atoms with Crippen molar-refractivity contribution in [2.24, 2.45) is 0 Å². The van der Waals surface area contributed by atoms with Crippen LogP contribution in [0.4, 0.5) is 4.39 Å². The van der Waals surface area contributed by atoms with Gasteiger partial charge in [-0.15, -0.1) is 0 Å². The van der Waals surface area contributed by atoms with Crippen molar-refractivity contribution in [1.82, 2.24) is 15.1 Å². The summed E-state index contributed by atoms with van der Waals surface area (Å²) in [5.41, 5.74) is 1.82. The second-order valence-electron chi connectivity index (χ2n) is 4.41. The average molecular weight is 359 g/mol. The standard InChI is InChI=1S/C13H15FIN3/c1-9(2)16-6-10-5-11(14)3-4-13(10)18-8-12(15)7-17-18/h3-5,7-9,16H,6H2,1-2H3. The van der Waals surface area contributed by atoms with Gasteiger partial charge in [-0.25, -0.2) is 9.07 Å². The van der Waals surface area contributed by atoms with Gasteiger partial charge < -0.3 is 5.32 Å². The van der Waals surface area contributed by atoms with Gasteiger partial charge in [0.05, 0.1) is 15.5 Å². The highest BCUT2D eigenvalue weighted by atomic mass is 127. The fourth-order valence-electron chi connectivity index (χ4n) is 1.67. The van der Waals surface area contributed by atoms with Crippen molar-refractivity contribution >= 4 is 22.6 Å². The fourth-order valence-corrected chi connectivity index (χ4v) is 2.05. The summed E-state index contributed by atoms with van der Waals surface area (Å²) in [5, 5.41) is 7.56. The molecule has 0 spiro atoms. The van der Waals surface area contributed by atoms with Crippen LogP contribution in [-0.2, 0) is 6.54 Å². The lowest BCUT2D eigenvalue weighted by Gasteiger charge is -2.12. The van der Waals surface area contributed by atoms with E-state index in [1.54, 1.807) is 23.0 Å². The second kappa shape index (κ2) is 5.79. The number of hydrogen-bond acceptors (Lipinski definition) is 2. The Hall–Kier alpha value is -0.950. The van der Waals surface area contributed by atoms with Crippen LogP contribution >= 0.6 is 22.6 Å². The Bertz CT molecular complexity index is 537. The van der Waals surface area contributed by atoms with Crippen LogP contribution in [0, 0.1) is 9.39 Å². The van der Waals surface area contributed by atoms with Crippen LogP contribution in [0.25, 0.3) is 5.69 Å². The van der Waals surface area contributed by atoms with Gasteiger partial charge in [0.25, 0.3) is 0 Å². The molecule has 1 N–H and O–H groups in total. The van der Waals surface area contributed by atoms with Crippen molar-refractivity contribution in [1.29, 1.82) is 0 Å². The Balaban J connectivity index is 2.34. The van der Waals surface area contributed by atoms with E-state index in [9.17, 15) is 4.39 Å². The summed E-state index contributed by atoms with van der Waals surface area (Å²) >= 11 is 2.20. The third-order valence-corrected chi connectivity index (χ3v) is 3.10. The SMILES string of the molecule is CC(C)NCc1cc(F)ccc1-n1cc(I)cn1. The first-order valence-electron chi connectivity index (χ1n) is 5.78. The molecule has 0 aliphatic heterocycles. The summed E-state index contributed by atoms with van der Waals surface area (Å²) in [6.45, 7) is 4.76. The molecule has 0 unspecified atom stereocenters. The molecule has 0 saturated heterocycles. The van der Waals surface area contributed by atoms with E-state index in [0.29, 0.717) is 12.6 Å². The monoisotopic (exact) mass is 359 g/mol. The number of halogens is 2. The molecule has 2 rings (SSSR count). The van der Waals surface area contributed by atoms with E-state index in [0.717, 1.165) is 14.8 Å². The maximum absolute atomic E-state index is 13.3. The fraction of sp³-hybridized carbons (Fsp3) is 0.308. The van der Waals surface area contributed by atoms with Crippen LogP contribution in [0.1, 0.15) is 19.4 Å². The van der Waals surface area contributed by atoms with Gasteiger partial charge >= 0.3 is 0 Å². The molecular weight excluding hydrogens is 344 g/mol. The Morgan fingerprint density at radius 1 is 1.44 bits per heavy atom. The Morgan fingerprint density at radius 2 is 2.22 bits per heavy atom. The van der Waals surface area contributed by atoms with Gasteiger partial charge in [-0.05, 0) is 46.4 Å². The van der Waals surface area contributed by atoms with Crippen molar-refractivity contribution in [2.45, 2.75) is 26.4 Å². The number of nitrogens with zero attached hydrogens (tertiary/aromatic N) is 2. The van der Waals surface area contributed by atoms with Gasteiger partial charge in [-0.1, -0.05) is 13.8 Å². The van der Waals surface area contributed by atoms with Gasteiger partial charge in [0.1, 0.15) is 5.82 Å². The van der Waals surface area contributed by atoms with E-state index in [4.69, 9.17) is 0 Å². The highest BCUT2D eigenvalue weighted by Crippen LogP contribution is 2.17. The Morgan fingerprint density at radius 3 is 2.83 bits per heavy atom. The summed E-state index contributed by atoms with van der Waals surface area (Å²) in [6.07, 6.45) is 3.70. The minimum atomic E-state index is -0.221. The van der Waals surface area contributed by atoms with Crippen molar-refractivity contribution in [2.75, 3.05) is 0 Å². The number of rotatable bonds is 4. The first kappa shape index (κ1) is 13.5. The number of aromatic nitrogens is 2. The van der Waals surface area contributed by atoms with Crippen LogP contribution in [0.5, 0.6) is 0 Å². The van der Waals surface area contributed by atoms with Crippen molar-refractivity contribution in [3.63, 3.8) is 0 Å². The lowest BCUT2D eigenvalue weighted by molar-refractivity contribution is 0.578. The lowest BCUT2D eigenvalue weighted by atomic mass is 10.1. The topological polar surface area (TPSA) is 29.9 Å². The van der Waals surface area contributed by atoms with Crippen LogP contribution in [0.15, 0.2) is 30.6 Å². The molecule has 0 saturated carbocycles. The summed E-state index contributed by atoms with van der Waals surface area (Å²) < 4.78 is 16.2. The zero-order valence-electron chi connectivity index (χ0n) is 10.3. The maximum atomic E-state index is 13.3. The zero-order valence-corrected chi connectivity index (χ0v) is 12.5. The van der Waals surface area contributed by atoms with E-state index in [1.165, 1.54) is 6.07 Å². The predicted molar refractivity (Wildman–Crippen MR) is 78.2 cm³/mol. The van der Waals surface area contributed by atoms with E-state index in [-0.39, 0.29) is 5.82 Å². The summed E-state index contributed by atoms with van der Waals surface area (Å²) in [7, 11) is 0. The minimum Gasteiger partial charge on any atom is -0.310 e. The Kier molecular flexibility index (Phi) is 4.34. The molecule has 0 amide bonds. The van der Waals surface area contributed by atoms with Gasteiger partial charge in [-0.2, -0.15) is 5.10 Å². The molecule has 3 nitrogen and oxygen atoms in total. The number of benzene rings is 1. The van der Waals surface area contributed by atoms with Crippen LogP contribution < -0.4 is 5.32 Å². The molecule has 96 valence electrons. The maximum Gasteiger partial charge on any atom is 0.123 e. The molecule has 0 aliphatic rings. The molecule has 1 aromatic heterocycles. The molecule has 0 radical (unpaired) electrons. The zero-order chi connectivity index (χ0) is 13.1. The molecule has 0 fully saturated rings. The van der Waals surface area contributed by atoms with E-state index in [1.807, 2.05) is 6.20 Å². The van der Waals surface area contributed by atoms with Gasteiger partial charge in [0.2, 0.25) is 0 Å². The van der Waals surface area contributed by atoms with E-state index >= 15 is 0 Å². The molecule has 2 aromatic rings. The minimum absolute atomic E-state index is 0.221. The summed E-state index contributed by atoms with van der Waals surface area (Å²) in [4.78, 5) is 0. The van der Waals surface area contributed by atoms with Gasteiger partial charge in [-0.3, -0.25) is 0 Å². The van der Waals surface area contributed by atoms with Crippen molar-refractivity contribution in [3.05, 3.63) is 45.5 Å². The molecule has 1 aromatic carbocycles. The average Bonchev–Trinajstić information content (AvgIpc) is 2.73. The van der Waals surface area contributed by atoms with Gasteiger partial charge in [0.15, 0.2) is 0 Å². The van der Waals surface area contributed by atoms with Gasteiger partial charge in [0, 0.05) is 18.8 Å². The molecule has 5 heteroatoms. The molecule has 0 aliphatic carbocycles. The second-order valence-corrected chi connectivity index (χ2v) is 5.66. The van der Waals surface area contributed by atoms with E-state index < -0.39 is 0 Å². The third kappa shape index (κ3) is 3.29. The van der Waals surface area contributed by atoms with Crippen molar-refractivity contribution < 1.29 is 4.39 Å². The highest BCUT2D eigenvalue weighted by molar-refractivity contribution is 14.1. The smallest absolute Gasteiger partial charge is 0.123 e. The number of hydrogen-bond donors (Lipinski definition) is 1. The van der Waals surface area contributed by atoms with Crippen LogP contribution in [0.3, 0.4) is 0 Å². The molecule has 1 heterocycles. The first-order chi connectivity index (χ1) is 8.56. The predicted octanol–water partition coefficient (Wildman–Crippen LogP) is 3.11. The van der Waals surface area contributed by atoms with Crippen LogP contribution in [0.2, 0.25) is 0 Å². The Labute approximate surface area is 120 Å². The molecule has 0 atom stereocenters. The summed E-state index contributed by atoms with van der Waals surface area (Å²) in [5.74, 6) is -0.221. The highest BCUT2D eigenvalue weighted by Gasteiger charge is 2.08. The number of nitrogens with one attached hydrogen (secondary N) is 1. The van der Waals surface area contributed by atoms with E-state index in [2.05, 4.69) is 46.9 Å². The first-order valence-corrected chi connectivity index (χ1v) is 6.86. The summed E-state index contributed by atoms with van der Waals surface area (Å²) in [6, 6.07) is 5.14. The largest absolute Gasteiger partial charge is 0.310 e. The molecule has 18 heavy (non-hydrogen) atoms. The molecular formula is C13H15FIN3. The quantitative estimate of drug-likeness (QED) is 0.851.